The van der Waals surface area contributed by atoms with Crippen LogP contribution in [0.2, 0.25) is 0 Å². The second kappa shape index (κ2) is 6.52. The van der Waals surface area contributed by atoms with Gasteiger partial charge in [-0.1, -0.05) is 30.3 Å². The third-order valence-electron chi connectivity index (χ3n) is 4.54. The number of hydrogen-bond donors (Lipinski definition) is 1. The number of fused-ring (bicyclic) bond motifs is 1. The summed E-state index contributed by atoms with van der Waals surface area (Å²) in [7, 11) is 0. The molecule has 1 aliphatic heterocycles. The number of Topliss-reactive ketones (excluding diaryl/α,β-unsaturated/α-hetero) is 1. The first-order valence-corrected chi connectivity index (χ1v) is 8.43. The van der Waals surface area contributed by atoms with Crippen LogP contribution in [0, 0.1) is 0 Å². The van der Waals surface area contributed by atoms with Crippen molar-refractivity contribution in [2.45, 2.75) is 19.6 Å². The van der Waals surface area contributed by atoms with E-state index in [2.05, 4.69) is 5.32 Å². The fourth-order valence-corrected chi connectivity index (χ4v) is 3.25. The van der Waals surface area contributed by atoms with Crippen molar-refractivity contribution < 1.29 is 14.0 Å². The summed E-state index contributed by atoms with van der Waals surface area (Å²) >= 11 is 0. The van der Waals surface area contributed by atoms with E-state index < -0.39 is 0 Å². The SMILES string of the molecule is CC(=O)c1cccc(N[C@H]2c3ccccc3C(=O)N2Cc2ccco2)c1. The van der Waals surface area contributed by atoms with Crippen LogP contribution in [0.3, 0.4) is 0 Å². The number of ketones is 1. The van der Waals surface area contributed by atoms with Crippen molar-refractivity contribution in [1.82, 2.24) is 4.90 Å². The van der Waals surface area contributed by atoms with E-state index in [-0.39, 0.29) is 17.9 Å². The molecule has 0 bridgehead atoms. The van der Waals surface area contributed by atoms with Crippen molar-refractivity contribution >= 4 is 17.4 Å². The lowest BCUT2D eigenvalue weighted by Gasteiger charge is -2.26. The maximum Gasteiger partial charge on any atom is 0.256 e. The van der Waals surface area contributed by atoms with Gasteiger partial charge in [0.05, 0.1) is 12.8 Å². The minimum atomic E-state index is -0.328. The summed E-state index contributed by atoms with van der Waals surface area (Å²) in [6, 6.07) is 18.5. The number of benzene rings is 2. The molecular formula is C21H18N2O3. The van der Waals surface area contributed by atoms with Crippen molar-refractivity contribution in [2.75, 3.05) is 5.32 Å². The van der Waals surface area contributed by atoms with E-state index in [1.807, 2.05) is 48.5 Å². The zero-order valence-corrected chi connectivity index (χ0v) is 14.3. The van der Waals surface area contributed by atoms with Crippen molar-refractivity contribution in [3.05, 3.63) is 89.4 Å². The number of anilines is 1. The van der Waals surface area contributed by atoms with Gasteiger partial charge in [0, 0.05) is 22.4 Å². The molecule has 1 aliphatic rings. The molecule has 5 heteroatoms. The van der Waals surface area contributed by atoms with E-state index in [9.17, 15) is 9.59 Å². The first kappa shape index (κ1) is 16.1. The Morgan fingerprint density at radius 1 is 1.12 bits per heavy atom. The summed E-state index contributed by atoms with van der Waals surface area (Å²) in [6.07, 6.45) is 1.27. The molecule has 1 aromatic heterocycles. The fraction of sp³-hybridized carbons (Fsp3) is 0.143. The van der Waals surface area contributed by atoms with Crippen LogP contribution in [0.15, 0.2) is 71.3 Å². The van der Waals surface area contributed by atoms with Crippen LogP contribution in [0.5, 0.6) is 0 Å². The van der Waals surface area contributed by atoms with E-state index in [0.717, 1.165) is 17.0 Å². The maximum absolute atomic E-state index is 12.9. The second-order valence-corrected chi connectivity index (χ2v) is 6.28. The third-order valence-corrected chi connectivity index (χ3v) is 4.54. The van der Waals surface area contributed by atoms with E-state index in [4.69, 9.17) is 4.42 Å². The molecule has 0 radical (unpaired) electrons. The number of amides is 1. The summed E-state index contributed by atoms with van der Waals surface area (Å²) < 4.78 is 5.43. The quantitative estimate of drug-likeness (QED) is 0.702. The molecule has 0 fully saturated rings. The molecule has 1 atom stereocenters. The van der Waals surface area contributed by atoms with E-state index in [1.165, 1.54) is 6.92 Å². The summed E-state index contributed by atoms with van der Waals surface area (Å²) in [4.78, 5) is 26.3. The van der Waals surface area contributed by atoms with Gasteiger partial charge in [-0.15, -0.1) is 0 Å². The van der Waals surface area contributed by atoms with Crippen LogP contribution in [0.4, 0.5) is 5.69 Å². The van der Waals surface area contributed by atoms with E-state index in [1.54, 1.807) is 23.3 Å². The standard InChI is InChI=1S/C21H18N2O3/c1-14(24)15-6-4-7-16(12-15)22-20-18-9-2-3-10-19(18)21(25)23(20)13-17-8-5-11-26-17/h2-12,20,22H,13H2,1H3/t20-/m1/s1. The highest BCUT2D eigenvalue weighted by Crippen LogP contribution is 2.35. The molecule has 0 saturated carbocycles. The van der Waals surface area contributed by atoms with Crippen LogP contribution in [0.25, 0.3) is 0 Å². The van der Waals surface area contributed by atoms with Gasteiger partial charge < -0.3 is 14.6 Å². The summed E-state index contributed by atoms with van der Waals surface area (Å²) in [5.74, 6) is 0.677. The first-order valence-electron chi connectivity index (χ1n) is 8.43. The molecule has 0 spiro atoms. The Morgan fingerprint density at radius 3 is 2.73 bits per heavy atom. The third kappa shape index (κ3) is 2.88. The van der Waals surface area contributed by atoms with Crippen molar-refractivity contribution in [2.24, 2.45) is 0 Å². The number of nitrogens with zero attached hydrogens (tertiary/aromatic N) is 1. The van der Waals surface area contributed by atoms with Gasteiger partial charge >= 0.3 is 0 Å². The maximum atomic E-state index is 12.9. The molecule has 2 heterocycles. The van der Waals surface area contributed by atoms with Crippen molar-refractivity contribution in [3.63, 3.8) is 0 Å². The highest BCUT2D eigenvalue weighted by molar-refractivity contribution is 5.99. The lowest BCUT2D eigenvalue weighted by atomic mass is 10.1. The number of nitrogens with one attached hydrogen (secondary N) is 1. The number of rotatable bonds is 5. The van der Waals surface area contributed by atoms with Crippen molar-refractivity contribution in [1.29, 1.82) is 0 Å². The minimum absolute atomic E-state index is 0.00369. The topological polar surface area (TPSA) is 62.6 Å². The number of carbonyl (C=O) groups is 2. The molecule has 0 aliphatic carbocycles. The molecule has 1 N–H and O–H groups in total. The zero-order chi connectivity index (χ0) is 18.1. The first-order chi connectivity index (χ1) is 12.6. The average Bonchev–Trinajstić information content (AvgIpc) is 3.25. The smallest absolute Gasteiger partial charge is 0.256 e. The number of carbonyl (C=O) groups excluding carboxylic acids is 2. The molecule has 5 nitrogen and oxygen atoms in total. The van der Waals surface area contributed by atoms with Gasteiger partial charge in [-0.2, -0.15) is 0 Å². The largest absolute Gasteiger partial charge is 0.467 e. The van der Waals surface area contributed by atoms with Crippen molar-refractivity contribution in [3.8, 4) is 0 Å². The predicted molar refractivity (Wildman–Crippen MR) is 97.8 cm³/mol. The van der Waals surface area contributed by atoms with Gasteiger partial charge in [0.2, 0.25) is 0 Å². The average molecular weight is 346 g/mol. The van der Waals surface area contributed by atoms with Gasteiger partial charge in [-0.3, -0.25) is 9.59 Å². The summed E-state index contributed by atoms with van der Waals surface area (Å²) in [5, 5.41) is 3.40. The van der Waals surface area contributed by atoms with Crippen LogP contribution >= 0.6 is 0 Å². The molecule has 4 rings (SSSR count). The Morgan fingerprint density at radius 2 is 1.96 bits per heavy atom. The highest BCUT2D eigenvalue weighted by Gasteiger charge is 2.36. The molecule has 3 aromatic rings. The molecule has 2 aromatic carbocycles. The molecule has 26 heavy (non-hydrogen) atoms. The number of furan rings is 1. The Hall–Kier alpha value is -3.34. The predicted octanol–water partition coefficient (Wildman–Crippen LogP) is 4.25. The Labute approximate surface area is 151 Å². The fourth-order valence-electron chi connectivity index (χ4n) is 3.25. The Balaban J connectivity index is 1.69. The van der Waals surface area contributed by atoms with E-state index >= 15 is 0 Å². The van der Waals surface area contributed by atoms with E-state index in [0.29, 0.717) is 17.7 Å². The van der Waals surface area contributed by atoms with Crippen LogP contribution in [-0.4, -0.2) is 16.6 Å². The Bertz CT molecular complexity index is 963. The molecule has 1 amide bonds. The van der Waals surface area contributed by atoms with Gasteiger partial charge in [-0.05, 0) is 37.3 Å². The Kier molecular flexibility index (Phi) is 4.05. The van der Waals surface area contributed by atoms with Crippen LogP contribution in [0.1, 0.15) is 45.1 Å². The van der Waals surface area contributed by atoms with Gasteiger partial charge in [0.25, 0.3) is 5.91 Å². The van der Waals surface area contributed by atoms with Gasteiger partial charge in [0.1, 0.15) is 11.9 Å². The second-order valence-electron chi connectivity index (χ2n) is 6.28. The molecule has 130 valence electrons. The minimum Gasteiger partial charge on any atom is -0.467 e. The number of hydrogen-bond acceptors (Lipinski definition) is 4. The summed E-state index contributed by atoms with van der Waals surface area (Å²) in [6.45, 7) is 1.90. The molecule has 0 saturated heterocycles. The molecular weight excluding hydrogens is 328 g/mol. The molecule has 0 unspecified atom stereocenters. The lowest BCUT2D eigenvalue weighted by Crippen LogP contribution is -2.31. The highest BCUT2D eigenvalue weighted by atomic mass is 16.3. The zero-order valence-electron chi connectivity index (χ0n) is 14.3. The summed E-state index contributed by atoms with van der Waals surface area (Å²) in [5.41, 5.74) is 3.01. The van der Waals surface area contributed by atoms with Crippen LogP contribution in [-0.2, 0) is 6.54 Å². The normalized spacial score (nSPS) is 15.8. The van der Waals surface area contributed by atoms with Gasteiger partial charge in [-0.25, -0.2) is 0 Å². The van der Waals surface area contributed by atoms with Gasteiger partial charge in [0.15, 0.2) is 5.78 Å². The monoisotopic (exact) mass is 346 g/mol. The van der Waals surface area contributed by atoms with Crippen LogP contribution < -0.4 is 5.32 Å². The lowest BCUT2D eigenvalue weighted by molar-refractivity contribution is 0.0715.